The van der Waals surface area contributed by atoms with E-state index in [4.69, 9.17) is 4.42 Å². The molecular weight excluding hydrogens is 396 g/mol. The molecule has 1 aliphatic carbocycles. The third-order valence-electron chi connectivity index (χ3n) is 6.54. The summed E-state index contributed by atoms with van der Waals surface area (Å²) in [5, 5.41) is 13.0. The first-order chi connectivity index (χ1) is 15.7. The van der Waals surface area contributed by atoms with E-state index in [9.17, 15) is 10.1 Å². The molecule has 1 saturated carbocycles. The minimum atomic E-state index is -0.0385. The minimum absolute atomic E-state index is 0.0233. The van der Waals surface area contributed by atoms with Crippen LogP contribution in [0.4, 0.5) is 5.88 Å². The van der Waals surface area contributed by atoms with Crippen LogP contribution >= 0.6 is 0 Å². The van der Waals surface area contributed by atoms with Crippen LogP contribution in [0.15, 0.2) is 65.1 Å². The summed E-state index contributed by atoms with van der Waals surface area (Å²) in [7, 11) is 0. The molecule has 1 heterocycles. The number of carbonyl (C=O) groups is 1. The van der Waals surface area contributed by atoms with Crippen molar-refractivity contribution in [2.45, 2.75) is 51.9 Å². The van der Waals surface area contributed by atoms with Crippen LogP contribution < -0.4 is 5.32 Å². The van der Waals surface area contributed by atoms with Crippen LogP contribution in [-0.2, 0) is 4.79 Å². The number of nitrogens with one attached hydrogen (secondary N) is 1. The zero-order chi connectivity index (χ0) is 22.3. The third-order valence-corrected chi connectivity index (χ3v) is 6.54. The first-order valence-electron chi connectivity index (χ1n) is 11.7. The molecular formula is C28H30N2O2. The van der Waals surface area contributed by atoms with E-state index in [1.54, 1.807) is 0 Å². The number of carbonyl (C=O) groups excluding carboxylic acids is 1. The molecule has 3 aromatic rings. The number of anilines is 1. The summed E-state index contributed by atoms with van der Waals surface area (Å²) in [5.74, 6) is 1.54. The van der Waals surface area contributed by atoms with Crippen molar-refractivity contribution in [1.82, 2.24) is 0 Å². The molecule has 0 bridgehead atoms. The smallest absolute Gasteiger partial charge is 0.229 e. The normalized spacial score (nSPS) is 18.1. The number of benzene rings is 2. The quantitative estimate of drug-likeness (QED) is 0.427. The summed E-state index contributed by atoms with van der Waals surface area (Å²) in [6, 6.07) is 21.7. The first kappa shape index (κ1) is 21.9. The van der Waals surface area contributed by atoms with Crippen molar-refractivity contribution in [2.24, 2.45) is 11.8 Å². The SMILES string of the molecule is CCCCC1CCC(C(=O)Nc2oc(-c3ccccc3)c(-c3ccccc3)c2C#N)CC1. The van der Waals surface area contributed by atoms with Gasteiger partial charge in [-0.1, -0.05) is 86.8 Å². The second-order valence-corrected chi connectivity index (χ2v) is 8.70. The van der Waals surface area contributed by atoms with E-state index in [0.717, 1.165) is 48.3 Å². The van der Waals surface area contributed by atoms with E-state index in [2.05, 4.69) is 18.3 Å². The lowest BCUT2D eigenvalue weighted by molar-refractivity contribution is -0.121. The molecule has 1 aliphatic rings. The highest BCUT2D eigenvalue weighted by Gasteiger charge is 2.29. The Morgan fingerprint density at radius 3 is 2.22 bits per heavy atom. The third kappa shape index (κ3) is 4.78. The summed E-state index contributed by atoms with van der Waals surface area (Å²) < 4.78 is 6.16. The van der Waals surface area contributed by atoms with Crippen LogP contribution in [-0.4, -0.2) is 5.91 Å². The van der Waals surface area contributed by atoms with Crippen LogP contribution in [0.25, 0.3) is 22.5 Å². The largest absolute Gasteiger partial charge is 0.438 e. The van der Waals surface area contributed by atoms with Crippen molar-refractivity contribution in [3.63, 3.8) is 0 Å². The number of furan rings is 1. The molecule has 0 aliphatic heterocycles. The molecule has 0 saturated heterocycles. The van der Waals surface area contributed by atoms with Gasteiger partial charge in [0.2, 0.25) is 11.8 Å². The fourth-order valence-corrected chi connectivity index (χ4v) is 4.72. The summed E-state index contributed by atoms with van der Waals surface area (Å²) in [6.45, 7) is 2.22. The second-order valence-electron chi connectivity index (χ2n) is 8.70. The molecule has 0 atom stereocenters. The van der Waals surface area contributed by atoms with Crippen LogP contribution in [0.2, 0.25) is 0 Å². The minimum Gasteiger partial charge on any atom is -0.438 e. The van der Waals surface area contributed by atoms with Crippen molar-refractivity contribution < 1.29 is 9.21 Å². The van der Waals surface area contributed by atoms with Gasteiger partial charge in [-0.25, -0.2) is 0 Å². The number of hydrogen-bond donors (Lipinski definition) is 1. The Kier molecular flexibility index (Phi) is 7.07. The van der Waals surface area contributed by atoms with Crippen LogP contribution in [0.1, 0.15) is 57.4 Å². The molecule has 1 aromatic heterocycles. The molecule has 32 heavy (non-hydrogen) atoms. The van der Waals surface area contributed by atoms with Gasteiger partial charge in [0.25, 0.3) is 0 Å². The van der Waals surface area contributed by atoms with E-state index in [1.165, 1.54) is 19.3 Å². The zero-order valence-corrected chi connectivity index (χ0v) is 18.6. The van der Waals surface area contributed by atoms with Crippen molar-refractivity contribution in [1.29, 1.82) is 5.26 Å². The summed E-state index contributed by atoms with van der Waals surface area (Å²) in [4.78, 5) is 13.1. The molecule has 164 valence electrons. The highest BCUT2D eigenvalue weighted by molar-refractivity contribution is 5.96. The molecule has 0 radical (unpaired) electrons. The van der Waals surface area contributed by atoms with E-state index >= 15 is 0 Å². The lowest BCUT2D eigenvalue weighted by Crippen LogP contribution is -2.27. The summed E-state index contributed by atoms with van der Waals surface area (Å²) in [5.41, 5.74) is 2.86. The lowest BCUT2D eigenvalue weighted by Gasteiger charge is -2.27. The van der Waals surface area contributed by atoms with Gasteiger partial charge in [-0.2, -0.15) is 5.26 Å². The Hall–Kier alpha value is -3.32. The number of amides is 1. The van der Waals surface area contributed by atoms with Crippen molar-refractivity contribution in [2.75, 3.05) is 5.32 Å². The molecule has 4 nitrogen and oxygen atoms in total. The monoisotopic (exact) mass is 426 g/mol. The molecule has 4 heteroatoms. The molecule has 2 aromatic carbocycles. The molecule has 0 spiro atoms. The predicted octanol–water partition coefficient (Wildman–Crippen LogP) is 7.42. The topological polar surface area (TPSA) is 66.0 Å². The van der Waals surface area contributed by atoms with Gasteiger partial charge >= 0.3 is 0 Å². The van der Waals surface area contributed by atoms with E-state index in [1.807, 2.05) is 60.7 Å². The van der Waals surface area contributed by atoms with E-state index in [-0.39, 0.29) is 17.7 Å². The Morgan fingerprint density at radius 1 is 1.00 bits per heavy atom. The fraction of sp³-hybridized carbons (Fsp3) is 0.357. The van der Waals surface area contributed by atoms with Gasteiger partial charge in [-0.05, 0) is 37.2 Å². The highest BCUT2D eigenvalue weighted by atomic mass is 16.4. The van der Waals surface area contributed by atoms with Crippen LogP contribution in [0.3, 0.4) is 0 Å². The Morgan fingerprint density at radius 2 is 1.62 bits per heavy atom. The Bertz CT molecular complexity index is 1070. The van der Waals surface area contributed by atoms with Gasteiger partial charge in [0.1, 0.15) is 17.4 Å². The Labute approximate surface area is 190 Å². The molecule has 0 unspecified atom stereocenters. The Balaban J connectivity index is 1.60. The van der Waals surface area contributed by atoms with Gasteiger partial charge in [0.05, 0.1) is 0 Å². The maximum atomic E-state index is 13.1. The van der Waals surface area contributed by atoms with Gasteiger partial charge in [-0.15, -0.1) is 0 Å². The zero-order valence-electron chi connectivity index (χ0n) is 18.6. The number of unbranched alkanes of at least 4 members (excludes halogenated alkanes) is 1. The lowest BCUT2D eigenvalue weighted by atomic mass is 9.79. The molecule has 4 rings (SSSR count). The first-order valence-corrected chi connectivity index (χ1v) is 11.7. The van der Waals surface area contributed by atoms with E-state index in [0.29, 0.717) is 11.3 Å². The predicted molar refractivity (Wildman–Crippen MR) is 128 cm³/mol. The van der Waals surface area contributed by atoms with Gasteiger partial charge < -0.3 is 4.42 Å². The maximum Gasteiger partial charge on any atom is 0.229 e. The number of nitriles is 1. The molecule has 1 amide bonds. The van der Waals surface area contributed by atoms with Gasteiger partial charge in [0.15, 0.2) is 0 Å². The van der Waals surface area contributed by atoms with Crippen molar-refractivity contribution in [3.8, 4) is 28.5 Å². The average molecular weight is 427 g/mol. The molecule has 1 fully saturated rings. The number of rotatable bonds is 7. The highest BCUT2D eigenvalue weighted by Crippen LogP contribution is 2.42. The number of nitrogens with zero attached hydrogens (tertiary/aromatic N) is 1. The van der Waals surface area contributed by atoms with Crippen molar-refractivity contribution in [3.05, 3.63) is 66.2 Å². The van der Waals surface area contributed by atoms with Crippen molar-refractivity contribution >= 4 is 11.8 Å². The average Bonchev–Trinajstić information content (AvgIpc) is 3.22. The van der Waals surface area contributed by atoms with Gasteiger partial charge in [0, 0.05) is 17.0 Å². The molecule has 1 N–H and O–H groups in total. The van der Waals surface area contributed by atoms with Crippen LogP contribution in [0.5, 0.6) is 0 Å². The summed E-state index contributed by atoms with van der Waals surface area (Å²) >= 11 is 0. The maximum absolute atomic E-state index is 13.1. The second kappa shape index (κ2) is 10.3. The number of hydrogen-bond acceptors (Lipinski definition) is 3. The van der Waals surface area contributed by atoms with Crippen LogP contribution in [0, 0.1) is 23.2 Å². The summed E-state index contributed by atoms with van der Waals surface area (Å²) in [6.07, 6.45) is 7.77. The van der Waals surface area contributed by atoms with Gasteiger partial charge in [-0.3, -0.25) is 10.1 Å². The van der Waals surface area contributed by atoms with E-state index < -0.39 is 0 Å². The standard InChI is InChI=1S/C28H30N2O2/c1-2-3-10-20-15-17-23(18-16-20)27(31)30-28-24(19-29)25(21-11-6-4-7-12-21)26(32-28)22-13-8-5-9-14-22/h4-9,11-14,20,23H,2-3,10,15-18H2,1H3,(H,30,31). The fourth-order valence-electron chi connectivity index (χ4n) is 4.72.